The summed E-state index contributed by atoms with van der Waals surface area (Å²) in [4.78, 5) is 0. The molecule has 2 aromatic carbocycles. The van der Waals surface area contributed by atoms with Crippen LogP contribution in [0.5, 0.6) is 0 Å². The van der Waals surface area contributed by atoms with Gasteiger partial charge in [-0.25, -0.2) is 0 Å². The summed E-state index contributed by atoms with van der Waals surface area (Å²) < 4.78 is 0. The molecule has 21 heavy (non-hydrogen) atoms. The highest BCUT2D eigenvalue weighted by molar-refractivity contribution is 5.52. The highest BCUT2D eigenvalue weighted by Crippen LogP contribution is 2.22. The van der Waals surface area contributed by atoms with E-state index in [1.165, 1.54) is 11.1 Å². The molecule has 0 fully saturated rings. The highest BCUT2D eigenvalue weighted by atomic mass is 14.8. The second-order valence-corrected chi connectivity index (χ2v) is 6.10. The van der Waals surface area contributed by atoms with E-state index in [0.717, 1.165) is 5.69 Å². The molecule has 2 aromatic rings. The Labute approximate surface area is 128 Å². The van der Waals surface area contributed by atoms with E-state index in [1.807, 2.05) is 48.7 Å². The molecule has 0 aliphatic carbocycles. The van der Waals surface area contributed by atoms with Gasteiger partial charge in [0, 0.05) is 11.9 Å². The summed E-state index contributed by atoms with van der Waals surface area (Å²) in [6.45, 7) is 6.70. The molecule has 0 spiro atoms. The van der Waals surface area contributed by atoms with E-state index in [1.54, 1.807) is 0 Å². The van der Waals surface area contributed by atoms with Crippen molar-refractivity contribution >= 4 is 11.8 Å². The topological polar surface area (TPSA) is 12.0 Å². The molecule has 1 N–H and O–H groups in total. The number of benzene rings is 2. The minimum atomic E-state index is 0.210. The third-order valence-corrected chi connectivity index (χ3v) is 3.30. The first-order valence-electron chi connectivity index (χ1n) is 7.31. The van der Waals surface area contributed by atoms with E-state index < -0.39 is 0 Å². The maximum Gasteiger partial charge on any atom is 0.0379 e. The monoisotopic (exact) mass is 277 g/mol. The van der Waals surface area contributed by atoms with Gasteiger partial charge in [0.25, 0.3) is 0 Å². The SMILES string of the molecule is CC(C)(C)c1ccc(/C=C\C=C/Nc2ccccc2)cc1. The fraction of sp³-hybridized carbons (Fsp3) is 0.200. The summed E-state index contributed by atoms with van der Waals surface area (Å²) in [5.74, 6) is 0. The Bertz CT molecular complexity index is 599. The first-order chi connectivity index (χ1) is 10.1. The normalized spacial score (nSPS) is 12.1. The van der Waals surface area contributed by atoms with Crippen molar-refractivity contribution in [2.45, 2.75) is 26.2 Å². The molecule has 1 nitrogen and oxygen atoms in total. The van der Waals surface area contributed by atoms with Crippen molar-refractivity contribution in [2.24, 2.45) is 0 Å². The first kappa shape index (κ1) is 15.1. The van der Waals surface area contributed by atoms with Crippen LogP contribution in [0.2, 0.25) is 0 Å². The molecule has 0 atom stereocenters. The molecule has 0 aliphatic heterocycles. The van der Waals surface area contributed by atoms with Gasteiger partial charge in [-0.2, -0.15) is 0 Å². The van der Waals surface area contributed by atoms with E-state index in [-0.39, 0.29) is 5.41 Å². The zero-order chi connectivity index (χ0) is 15.1. The minimum Gasteiger partial charge on any atom is -0.362 e. The number of nitrogens with one attached hydrogen (secondary N) is 1. The molecular weight excluding hydrogens is 254 g/mol. The summed E-state index contributed by atoms with van der Waals surface area (Å²) in [7, 11) is 0. The van der Waals surface area contributed by atoms with E-state index in [2.05, 4.69) is 56.4 Å². The Hall–Kier alpha value is -2.28. The van der Waals surface area contributed by atoms with E-state index in [9.17, 15) is 0 Å². The summed E-state index contributed by atoms with van der Waals surface area (Å²) in [6, 6.07) is 18.8. The standard InChI is InChI=1S/C20H23N/c1-20(2,3)18-14-12-17(13-15-18)9-7-8-16-21-19-10-5-4-6-11-19/h4-16,21H,1-3H3/b9-7-,16-8-. The average Bonchev–Trinajstić information content (AvgIpc) is 2.47. The third kappa shape index (κ3) is 4.96. The van der Waals surface area contributed by atoms with Gasteiger partial charge in [0.1, 0.15) is 0 Å². The van der Waals surface area contributed by atoms with Crippen LogP contribution in [-0.2, 0) is 5.41 Å². The van der Waals surface area contributed by atoms with E-state index in [4.69, 9.17) is 0 Å². The lowest BCUT2D eigenvalue weighted by Crippen LogP contribution is -2.10. The predicted molar refractivity (Wildman–Crippen MR) is 93.4 cm³/mol. The number of rotatable bonds is 4. The van der Waals surface area contributed by atoms with Gasteiger partial charge < -0.3 is 5.32 Å². The lowest BCUT2D eigenvalue weighted by molar-refractivity contribution is 0.590. The lowest BCUT2D eigenvalue weighted by Gasteiger charge is -2.18. The number of hydrogen-bond acceptors (Lipinski definition) is 1. The molecule has 0 heterocycles. The molecule has 0 aromatic heterocycles. The molecule has 2 rings (SSSR count). The van der Waals surface area contributed by atoms with Crippen molar-refractivity contribution in [1.29, 1.82) is 0 Å². The number of hydrogen-bond donors (Lipinski definition) is 1. The maximum atomic E-state index is 3.23. The van der Waals surface area contributed by atoms with Gasteiger partial charge in [0.05, 0.1) is 0 Å². The summed E-state index contributed by atoms with van der Waals surface area (Å²) >= 11 is 0. The first-order valence-corrected chi connectivity index (χ1v) is 7.31. The Morgan fingerprint density at radius 1 is 0.810 bits per heavy atom. The van der Waals surface area contributed by atoms with Crippen molar-refractivity contribution in [2.75, 3.05) is 5.32 Å². The van der Waals surface area contributed by atoms with Crippen LogP contribution in [-0.4, -0.2) is 0 Å². The molecule has 0 amide bonds. The van der Waals surface area contributed by atoms with Crippen molar-refractivity contribution in [3.63, 3.8) is 0 Å². The molecule has 0 saturated carbocycles. The molecular formula is C20H23N. The maximum absolute atomic E-state index is 3.23. The number of anilines is 1. The second kappa shape index (κ2) is 6.94. The van der Waals surface area contributed by atoms with Crippen LogP contribution in [0.25, 0.3) is 6.08 Å². The Morgan fingerprint density at radius 3 is 2.10 bits per heavy atom. The molecule has 0 aliphatic rings. The van der Waals surface area contributed by atoms with Gasteiger partial charge in [0.15, 0.2) is 0 Å². The molecule has 0 saturated heterocycles. The van der Waals surface area contributed by atoms with Crippen LogP contribution in [0.3, 0.4) is 0 Å². The van der Waals surface area contributed by atoms with Crippen LogP contribution >= 0.6 is 0 Å². The van der Waals surface area contributed by atoms with Gasteiger partial charge in [-0.3, -0.25) is 0 Å². The van der Waals surface area contributed by atoms with Crippen molar-refractivity contribution in [3.8, 4) is 0 Å². The summed E-state index contributed by atoms with van der Waals surface area (Å²) in [5, 5.41) is 3.23. The zero-order valence-corrected chi connectivity index (χ0v) is 13.0. The Balaban J connectivity index is 1.90. The fourth-order valence-electron chi connectivity index (χ4n) is 2.00. The summed E-state index contributed by atoms with van der Waals surface area (Å²) in [6.07, 6.45) is 8.09. The molecule has 108 valence electrons. The van der Waals surface area contributed by atoms with Crippen molar-refractivity contribution < 1.29 is 0 Å². The molecule has 0 unspecified atom stereocenters. The van der Waals surface area contributed by atoms with Gasteiger partial charge in [-0.05, 0) is 34.8 Å². The number of para-hydroxylation sites is 1. The van der Waals surface area contributed by atoms with Crippen LogP contribution in [0.15, 0.2) is 72.9 Å². The van der Waals surface area contributed by atoms with Gasteiger partial charge in [-0.15, -0.1) is 0 Å². The summed E-state index contributed by atoms with van der Waals surface area (Å²) in [5.41, 5.74) is 3.88. The quantitative estimate of drug-likeness (QED) is 0.715. The van der Waals surface area contributed by atoms with E-state index >= 15 is 0 Å². The fourth-order valence-corrected chi connectivity index (χ4v) is 2.00. The average molecular weight is 277 g/mol. The minimum absolute atomic E-state index is 0.210. The Kier molecular flexibility index (Phi) is 4.99. The van der Waals surface area contributed by atoms with Crippen LogP contribution in [0.4, 0.5) is 5.69 Å². The Morgan fingerprint density at radius 2 is 1.48 bits per heavy atom. The predicted octanol–water partition coefficient (Wildman–Crippen LogP) is 5.62. The van der Waals surface area contributed by atoms with Crippen LogP contribution in [0.1, 0.15) is 31.9 Å². The highest BCUT2D eigenvalue weighted by Gasteiger charge is 2.12. The second-order valence-electron chi connectivity index (χ2n) is 6.10. The molecule has 1 heteroatoms. The van der Waals surface area contributed by atoms with Gasteiger partial charge in [-0.1, -0.05) is 75.4 Å². The van der Waals surface area contributed by atoms with Crippen LogP contribution < -0.4 is 5.32 Å². The van der Waals surface area contributed by atoms with Crippen LogP contribution in [0, 0.1) is 0 Å². The molecule has 0 radical (unpaired) electrons. The number of allylic oxidation sites excluding steroid dienone is 2. The van der Waals surface area contributed by atoms with Crippen molar-refractivity contribution in [3.05, 3.63) is 84.1 Å². The third-order valence-electron chi connectivity index (χ3n) is 3.30. The zero-order valence-electron chi connectivity index (χ0n) is 13.0. The smallest absolute Gasteiger partial charge is 0.0379 e. The lowest BCUT2D eigenvalue weighted by atomic mass is 9.87. The van der Waals surface area contributed by atoms with Gasteiger partial charge >= 0.3 is 0 Å². The molecule has 0 bridgehead atoms. The van der Waals surface area contributed by atoms with Gasteiger partial charge in [0.2, 0.25) is 0 Å². The largest absolute Gasteiger partial charge is 0.362 e. The van der Waals surface area contributed by atoms with E-state index in [0.29, 0.717) is 0 Å². The van der Waals surface area contributed by atoms with Crippen molar-refractivity contribution in [1.82, 2.24) is 0 Å².